The molecule has 4 nitrogen and oxygen atoms in total. The van der Waals surface area contributed by atoms with E-state index in [4.69, 9.17) is 0 Å². The molecule has 5 rings (SSSR count). The zero-order valence-electron chi connectivity index (χ0n) is 19.6. The summed E-state index contributed by atoms with van der Waals surface area (Å²) < 4.78 is 0. The zero-order chi connectivity index (χ0) is 21.9. The van der Waals surface area contributed by atoms with Crippen LogP contribution in [0.2, 0.25) is 0 Å². The Hall–Kier alpha value is -1.26. The Kier molecular flexibility index (Phi) is 5.33. The van der Waals surface area contributed by atoms with Crippen molar-refractivity contribution in [2.45, 2.75) is 96.7 Å². The van der Waals surface area contributed by atoms with Gasteiger partial charge in [0, 0.05) is 6.20 Å². The van der Waals surface area contributed by atoms with Crippen molar-refractivity contribution in [2.75, 3.05) is 0 Å². The molecule has 4 aliphatic carbocycles. The van der Waals surface area contributed by atoms with E-state index < -0.39 is 5.60 Å². The number of hydrogen-bond acceptors (Lipinski definition) is 4. The van der Waals surface area contributed by atoms with Crippen LogP contribution in [0.1, 0.15) is 84.3 Å². The van der Waals surface area contributed by atoms with E-state index in [0.29, 0.717) is 11.8 Å². The van der Waals surface area contributed by atoms with E-state index in [1.165, 1.54) is 25.7 Å². The molecule has 0 saturated heterocycles. The Bertz CT molecular complexity index is 837. The molecule has 1 heterocycles. The van der Waals surface area contributed by atoms with E-state index in [2.05, 4.69) is 37.0 Å². The first-order valence-corrected chi connectivity index (χ1v) is 12.6. The van der Waals surface area contributed by atoms with Crippen molar-refractivity contribution in [1.82, 2.24) is 10.2 Å². The number of hydrogen-bond donors (Lipinski definition) is 2. The van der Waals surface area contributed by atoms with Gasteiger partial charge in [0.1, 0.15) is 0 Å². The smallest absolute Gasteiger partial charge is 0.0656 e. The number of aryl methyl sites for hydroxylation is 1. The third-order valence-electron chi connectivity index (χ3n) is 10.3. The van der Waals surface area contributed by atoms with E-state index in [0.717, 1.165) is 56.1 Å². The molecule has 1 aromatic rings. The molecule has 8 atom stereocenters. The van der Waals surface area contributed by atoms with Gasteiger partial charge in [-0.05, 0) is 118 Å². The maximum Gasteiger partial charge on any atom is 0.0656 e. The summed E-state index contributed by atoms with van der Waals surface area (Å²) in [5, 5.41) is 30.1. The van der Waals surface area contributed by atoms with Crippen LogP contribution in [0.25, 0.3) is 0 Å². The SMILES string of the molecule is C[C@]12CC[C@H]3[C@@H](CC=C4C[C@@H](O)CC[C@@]43C)[C@@H]1CC[C@@H]2[C@](C)(O)CCc1cccnn1. The van der Waals surface area contributed by atoms with Crippen LogP contribution in [0, 0.1) is 34.5 Å². The van der Waals surface area contributed by atoms with E-state index in [9.17, 15) is 10.2 Å². The van der Waals surface area contributed by atoms with Gasteiger partial charge >= 0.3 is 0 Å². The van der Waals surface area contributed by atoms with Crippen LogP contribution in [-0.4, -0.2) is 32.1 Å². The molecular formula is C27H40N2O2. The van der Waals surface area contributed by atoms with Gasteiger partial charge in [0.25, 0.3) is 0 Å². The first-order chi connectivity index (χ1) is 14.7. The molecule has 2 N–H and O–H groups in total. The predicted molar refractivity (Wildman–Crippen MR) is 122 cm³/mol. The van der Waals surface area contributed by atoms with Crippen molar-refractivity contribution < 1.29 is 10.2 Å². The number of rotatable bonds is 4. The summed E-state index contributed by atoms with van der Waals surface area (Å²) in [7, 11) is 0. The third-order valence-corrected chi connectivity index (χ3v) is 10.3. The van der Waals surface area contributed by atoms with Gasteiger partial charge in [-0.2, -0.15) is 10.2 Å². The van der Waals surface area contributed by atoms with Crippen LogP contribution in [0.3, 0.4) is 0 Å². The molecule has 0 radical (unpaired) electrons. The monoisotopic (exact) mass is 424 g/mol. The highest BCUT2D eigenvalue weighted by Crippen LogP contribution is 2.67. The van der Waals surface area contributed by atoms with Crippen molar-refractivity contribution >= 4 is 0 Å². The second-order valence-corrected chi connectivity index (χ2v) is 11.9. The largest absolute Gasteiger partial charge is 0.393 e. The lowest BCUT2D eigenvalue weighted by Crippen LogP contribution is -2.53. The number of aliphatic hydroxyl groups excluding tert-OH is 1. The Morgan fingerprint density at radius 3 is 2.74 bits per heavy atom. The first kappa shape index (κ1) is 21.6. The molecule has 4 aliphatic rings. The fraction of sp³-hybridized carbons (Fsp3) is 0.778. The maximum atomic E-state index is 11.7. The lowest BCUT2D eigenvalue weighted by Gasteiger charge is -2.59. The van der Waals surface area contributed by atoms with E-state index >= 15 is 0 Å². The second-order valence-electron chi connectivity index (χ2n) is 11.9. The lowest BCUT2D eigenvalue weighted by atomic mass is 9.46. The maximum absolute atomic E-state index is 11.7. The fourth-order valence-electron chi connectivity index (χ4n) is 8.69. The normalized spacial score (nSPS) is 43.9. The Morgan fingerprint density at radius 2 is 1.97 bits per heavy atom. The molecule has 0 bridgehead atoms. The third kappa shape index (κ3) is 3.49. The fourth-order valence-corrected chi connectivity index (χ4v) is 8.69. The van der Waals surface area contributed by atoms with E-state index in [1.807, 2.05) is 12.1 Å². The van der Waals surface area contributed by atoms with Crippen LogP contribution in [0.15, 0.2) is 30.0 Å². The Labute approximate surface area is 187 Å². The van der Waals surface area contributed by atoms with Gasteiger partial charge in [0.15, 0.2) is 0 Å². The van der Waals surface area contributed by atoms with Crippen LogP contribution >= 0.6 is 0 Å². The van der Waals surface area contributed by atoms with Crippen LogP contribution in [0.5, 0.6) is 0 Å². The second kappa shape index (κ2) is 7.66. The molecule has 0 unspecified atom stereocenters. The minimum absolute atomic E-state index is 0.134. The topological polar surface area (TPSA) is 66.2 Å². The average Bonchev–Trinajstić information content (AvgIpc) is 3.12. The van der Waals surface area contributed by atoms with Gasteiger partial charge in [0.2, 0.25) is 0 Å². The predicted octanol–water partition coefficient (Wildman–Crippen LogP) is 5.10. The van der Waals surface area contributed by atoms with Gasteiger partial charge in [-0.3, -0.25) is 0 Å². The minimum Gasteiger partial charge on any atom is -0.393 e. The van der Waals surface area contributed by atoms with Gasteiger partial charge in [-0.15, -0.1) is 0 Å². The molecule has 0 spiro atoms. The van der Waals surface area contributed by atoms with Gasteiger partial charge in [0.05, 0.1) is 17.4 Å². The van der Waals surface area contributed by atoms with Crippen molar-refractivity contribution in [2.24, 2.45) is 34.5 Å². The van der Waals surface area contributed by atoms with Crippen LogP contribution in [-0.2, 0) is 6.42 Å². The molecule has 4 heteroatoms. The summed E-state index contributed by atoms with van der Waals surface area (Å²) in [4.78, 5) is 0. The minimum atomic E-state index is -0.664. The quantitative estimate of drug-likeness (QED) is 0.660. The van der Waals surface area contributed by atoms with Gasteiger partial charge in [-0.25, -0.2) is 0 Å². The van der Waals surface area contributed by atoms with Crippen LogP contribution in [0.4, 0.5) is 0 Å². The van der Waals surface area contributed by atoms with Crippen molar-refractivity contribution in [3.05, 3.63) is 35.7 Å². The molecule has 0 aromatic carbocycles. The summed E-state index contributed by atoms with van der Waals surface area (Å²) in [5.74, 6) is 2.56. The van der Waals surface area contributed by atoms with Crippen molar-refractivity contribution in [3.8, 4) is 0 Å². The standard InChI is InChI=1S/C27H40N2O2/c1-25-13-11-20(30)17-18(25)6-7-21-22-8-9-24(26(22,2)14-12-23(21)25)27(3,31)15-10-19-5-4-16-28-29-19/h4-6,16,20-24,30-31H,7-15,17H2,1-3H3/t20-,21-,22-,23-,24-,25-,26-,27+/m0/s1. The Morgan fingerprint density at radius 1 is 1.13 bits per heavy atom. The average molecular weight is 425 g/mol. The number of nitrogens with zero attached hydrogens (tertiary/aromatic N) is 2. The molecule has 170 valence electrons. The molecule has 31 heavy (non-hydrogen) atoms. The van der Waals surface area contributed by atoms with Crippen molar-refractivity contribution in [3.63, 3.8) is 0 Å². The first-order valence-electron chi connectivity index (χ1n) is 12.6. The van der Waals surface area contributed by atoms with Gasteiger partial charge in [-0.1, -0.05) is 25.5 Å². The highest BCUT2D eigenvalue weighted by molar-refractivity contribution is 5.25. The van der Waals surface area contributed by atoms with Crippen LogP contribution < -0.4 is 0 Å². The highest BCUT2D eigenvalue weighted by Gasteiger charge is 2.61. The molecule has 3 saturated carbocycles. The number of fused-ring (bicyclic) bond motifs is 5. The highest BCUT2D eigenvalue weighted by atomic mass is 16.3. The molecule has 1 aromatic heterocycles. The summed E-state index contributed by atoms with van der Waals surface area (Å²) in [6.07, 6.45) is 14.7. The molecule has 0 amide bonds. The molecule has 0 aliphatic heterocycles. The molecule has 3 fully saturated rings. The number of allylic oxidation sites excluding steroid dienone is 1. The van der Waals surface area contributed by atoms with E-state index in [-0.39, 0.29) is 16.9 Å². The van der Waals surface area contributed by atoms with E-state index in [1.54, 1.807) is 11.8 Å². The summed E-state index contributed by atoms with van der Waals surface area (Å²) in [6.45, 7) is 7.07. The Balaban J connectivity index is 1.35. The summed E-state index contributed by atoms with van der Waals surface area (Å²) in [6, 6.07) is 3.95. The summed E-state index contributed by atoms with van der Waals surface area (Å²) in [5.41, 5.74) is 2.37. The van der Waals surface area contributed by atoms with Gasteiger partial charge < -0.3 is 10.2 Å². The lowest BCUT2D eigenvalue weighted by molar-refractivity contribution is -0.104. The van der Waals surface area contributed by atoms with Crippen molar-refractivity contribution in [1.29, 1.82) is 0 Å². The number of aromatic nitrogens is 2. The molecular weight excluding hydrogens is 384 g/mol. The summed E-state index contributed by atoms with van der Waals surface area (Å²) >= 11 is 0. The number of aliphatic hydroxyl groups is 2. The zero-order valence-corrected chi connectivity index (χ0v) is 19.6.